The molecule has 1 aliphatic rings. The minimum Gasteiger partial charge on any atom is -0.336 e. The van der Waals surface area contributed by atoms with E-state index in [4.69, 9.17) is 0 Å². The van der Waals surface area contributed by atoms with E-state index in [1.54, 1.807) is 0 Å². The lowest BCUT2D eigenvalue weighted by Crippen LogP contribution is -2.47. The highest BCUT2D eigenvalue weighted by molar-refractivity contribution is 5.97. The second-order valence-electron chi connectivity index (χ2n) is 7.20. The molecule has 134 valence electrons. The second-order valence-corrected chi connectivity index (χ2v) is 7.20. The van der Waals surface area contributed by atoms with Crippen molar-refractivity contribution in [2.45, 2.75) is 13.8 Å². The lowest BCUT2D eigenvalue weighted by Gasteiger charge is -2.32. The number of rotatable bonds is 2. The summed E-state index contributed by atoms with van der Waals surface area (Å²) in [6.45, 7) is 7.62. The van der Waals surface area contributed by atoms with Gasteiger partial charge in [0, 0.05) is 31.7 Å². The Morgan fingerprint density at radius 3 is 2.50 bits per heavy atom. The van der Waals surface area contributed by atoms with Gasteiger partial charge in [0.2, 0.25) is 0 Å². The zero-order valence-electron chi connectivity index (χ0n) is 15.6. The summed E-state index contributed by atoms with van der Waals surface area (Å²) in [5.41, 5.74) is 6.17. The van der Waals surface area contributed by atoms with E-state index in [2.05, 4.69) is 53.5 Å². The van der Waals surface area contributed by atoms with E-state index in [0.717, 1.165) is 42.9 Å². The standard InChI is InChI=1S/C21H24N4O/c1-15-4-6-19(16(2)12-15)25-14-22-18-13-17(5-7-20(18)25)21(26)24-10-8-23(3)9-11-24/h4-7,12-14H,8-11H2,1-3H3. The highest BCUT2D eigenvalue weighted by Gasteiger charge is 2.21. The number of hydrogen-bond acceptors (Lipinski definition) is 3. The molecule has 2 aromatic carbocycles. The molecule has 1 saturated heterocycles. The molecular weight excluding hydrogens is 324 g/mol. The third-order valence-corrected chi connectivity index (χ3v) is 5.20. The van der Waals surface area contributed by atoms with Gasteiger partial charge in [0.15, 0.2) is 0 Å². The summed E-state index contributed by atoms with van der Waals surface area (Å²) < 4.78 is 2.09. The fraction of sp³-hybridized carbons (Fsp3) is 0.333. The van der Waals surface area contributed by atoms with Crippen molar-refractivity contribution < 1.29 is 4.79 Å². The van der Waals surface area contributed by atoms with Crippen LogP contribution in [-0.2, 0) is 0 Å². The van der Waals surface area contributed by atoms with E-state index in [0.29, 0.717) is 5.56 Å². The van der Waals surface area contributed by atoms with Crippen molar-refractivity contribution in [2.24, 2.45) is 0 Å². The number of piperazine rings is 1. The van der Waals surface area contributed by atoms with Gasteiger partial charge in [-0.25, -0.2) is 4.98 Å². The van der Waals surface area contributed by atoms with E-state index in [-0.39, 0.29) is 5.91 Å². The first kappa shape index (κ1) is 16.8. The van der Waals surface area contributed by atoms with Crippen molar-refractivity contribution >= 4 is 16.9 Å². The fourth-order valence-corrected chi connectivity index (χ4v) is 3.61. The summed E-state index contributed by atoms with van der Waals surface area (Å²) in [6.07, 6.45) is 1.84. The van der Waals surface area contributed by atoms with Crippen molar-refractivity contribution in [1.29, 1.82) is 0 Å². The van der Waals surface area contributed by atoms with Gasteiger partial charge in [-0.2, -0.15) is 0 Å². The Balaban J connectivity index is 1.66. The number of nitrogens with zero attached hydrogens (tertiary/aromatic N) is 4. The van der Waals surface area contributed by atoms with Crippen LogP contribution in [0.5, 0.6) is 0 Å². The first-order valence-electron chi connectivity index (χ1n) is 9.05. The average Bonchev–Trinajstić information content (AvgIpc) is 3.05. The molecule has 5 heteroatoms. The molecule has 2 heterocycles. The summed E-state index contributed by atoms with van der Waals surface area (Å²) in [4.78, 5) is 21.5. The minimum atomic E-state index is 0.0982. The second kappa shape index (κ2) is 6.57. The summed E-state index contributed by atoms with van der Waals surface area (Å²) in [5.74, 6) is 0.0982. The smallest absolute Gasteiger partial charge is 0.254 e. The van der Waals surface area contributed by atoms with Crippen LogP contribution in [0.3, 0.4) is 0 Å². The molecule has 0 aliphatic carbocycles. The maximum atomic E-state index is 12.8. The molecule has 0 radical (unpaired) electrons. The van der Waals surface area contributed by atoms with Crippen LogP contribution in [0.15, 0.2) is 42.7 Å². The number of imidazole rings is 1. The fourth-order valence-electron chi connectivity index (χ4n) is 3.61. The van der Waals surface area contributed by atoms with Crippen LogP contribution in [-0.4, -0.2) is 58.5 Å². The van der Waals surface area contributed by atoms with Gasteiger partial charge in [0.05, 0.1) is 16.7 Å². The van der Waals surface area contributed by atoms with Gasteiger partial charge < -0.3 is 9.80 Å². The van der Waals surface area contributed by atoms with Gasteiger partial charge in [0.1, 0.15) is 6.33 Å². The molecule has 0 N–H and O–H groups in total. The van der Waals surface area contributed by atoms with Crippen LogP contribution in [0.4, 0.5) is 0 Å². The number of aryl methyl sites for hydroxylation is 2. The Bertz CT molecular complexity index is 967. The van der Waals surface area contributed by atoms with Crippen LogP contribution in [0.2, 0.25) is 0 Å². The largest absolute Gasteiger partial charge is 0.336 e. The molecule has 1 aromatic heterocycles. The molecule has 26 heavy (non-hydrogen) atoms. The molecule has 0 saturated carbocycles. The molecule has 0 bridgehead atoms. The predicted octanol–water partition coefficient (Wildman–Crippen LogP) is 3.03. The average molecular weight is 348 g/mol. The van der Waals surface area contributed by atoms with E-state index < -0.39 is 0 Å². The maximum Gasteiger partial charge on any atom is 0.254 e. The van der Waals surface area contributed by atoms with Crippen molar-refractivity contribution in [2.75, 3.05) is 33.2 Å². The van der Waals surface area contributed by atoms with Crippen LogP contribution in [0, 0.1) is 13.8 Å². The van der Waals surface area contributed by atoms with Gasteiger partial charge in [-0.15, -0.1) is 0 Å². The van der Waals surface area contributed by atoms with Crippen LogP contribution in [0.25, 0.3) is 16.7 Å². The molecule has 1 fully saturated rings. The topological polar surface area (TPSA) is 41.4 Å². The molecule has 1 amide bonds. The molecule has 4 rings (SSSR count). The Morgan fingerprint density at radius 2 is 1.77 bits per heavy atom. The van der Waals surface area contributed by atoms with Crippen molar-refractivity contribution in [3.8, 4) is 5.69 Å². The van der Waals surface area contributed by atoms with Gasteiger partial charge in [-0.1, -0.05) is 17.7 Å². The van der Waals surface area contributed by atoms with Crippen molar-refractivity contribution in [1.82, 2.24) is 19.4 Å². The molecule has 0 unspecified atom stereocenters. The number of hydrogen-bond donors (Lipinski definition) is 0. The summed E-state index contributed by atoms with van der Waals surface area (Å²) in [5, 5.41) is 0. The molecule has 3 aromatic rings. The van der Waals surface area contributed by atoms with Crippen molar-refractivity contribution in [3.63, 3.8) is 0 Å². The third kappa shape index (κ3) is 2.99. The van der Waals surface area contributed by atoms with E-state index in [1.165, 1.54) is 11.1 Å². The zero-order chi connectivity index (χ0) is 18.3. The number of carbonyl (C=O) groups is 1. The number of aromatic nitrogens is 2. The van der Waals surface area contributed by atoms with Gasteiger partial charge in [-0.05, 0) is 50.7 Å². The molecule has 5 nitrogen and oxygen atoms in total. The molecular formula is C21H24N4O. The highest BCUT2D eigenvalue weighted by Crippen LogP contribution is 2.23. The zero-order valence-corrected chi connectivity index (χ0v) is 15.6. The molecule has 0 spiro atoms. The Morgan fingerprint density at radius 1 is 1.00 bits per heavy atom. The third-order valence-electron chi connectivity index (χ3n) is 5.20. The summed E-state index contributed by atoms with van der Waals surface area (Å²) >= 11 is 0. The normalized spacial score (nSPS) is 15.6. The van der Waals surface area contributed by atoms with Gasteiger partial charge >= 0.3 is 0 Å². The first-order chi connectivity index (χ1) is 12.5. The van der Waals surface area contributed by atoms with Crippen LogP contribution in [0.1, 0.15) is 21.5 Å². The maximum absolute atomic E-state index is 12.8. The Kier molecular flexibility index (Phi) is 4.24. The number of benzene rings is 2. The van der Waals surface area contributed by atoms with Crippen LogP contribution >= 0.6 is 0 Å². The Hall–Kier alpha value is -2.66. The predicted molar refractivity (Wildman–Crippen MR) is 104 cm³/mol. The quantitative estimate of drug-likeness (QED) is 0.715. The minimum absolute atomic E-state index is 0.0982. The van der Waals surface area contributed by atoms with Gasteiger partial charge in [0.25, 0.3) is 5.91 Å². The van der Waals surface area contributed by atoms with E-state index in [9.17, 15) is 4.79 Å². The van der Waals surface area contributed by atoms with Crippen LogP contribution < -0.4 is 0 Å². The number of carbonyl (C=O) groups excluding carboxylic acids is 1. The van der Waals surface area contributed by atoms with Gasteiger partial charge in [-0.3, -0.25) is 9.36 Å². The number of likely N-dealkylation sites (N-methyl/N-ethyl adjacent to an activating group) is 1. The molecule has 1 aliphatic heterocycles. The lowest BCUT2D eigenvalue weighted by molar-refractivity contribution is 0.0664. The van der Waals surface area contributed by atoms with E-state index >= 15 is 0 Å². The SMILES string of the molecule is Cc1ccc(-n2cnc3cc(C(=O)N4CCN(C)CC4)ccc32)c(C)c1. The van der Waals surface area contributed by atoms with E-state index in [1.807, 2.05) is 29.4 Å². The molecule has 0 atom stereocenters. The highest BCUT2D eigenvalue weighted by atomic mass is 16.2. The Labute approximate surface area is 153 Å². The summed E-state index contributed by atoms with van der Waals surface area (Å²) in [6, 6.07) is 12.2. The summed E-state index contributed by atoms with van der Waals surface area (Å²) in [7, 11) is 2.09. The monoisotopic (exact) mass is 348 g/mol. The number of fused-ring (bicyclic) bond motifs is 1. The first-order valence-corrected chi connectivity index (χ1v) is 9.05. The number of amides is 1. The van der Waals surface area contributed by atoms with Crippen molar-refractivity contribution in [3.05, 3.63) is 59.4 Å². The lowest BCUT2D eigenvalue weighted by atomic mass is 10.1.